The fourth-order valence-corrected chi connectivity index (χ4v) is 2.68. The lowest BCUT2D eigenvalue weighted by Crippen LogP contribution is -2.20. The van der Waals surface area contributed by atoms with Crippen molar-refractivity contribution in [2.24, 2.45) is 0 Å². The highest BCUT2D eigenvalue weighted by molar-refractivity contribution is 5.53. The Balaban J connectivity index is 1.69. The molecule has 2 aromatic carbocycles. The number of hydrogen-bond donors (Lipinski definition) is 0. The van der Waals surface area contributed by atoms with E-state index >= 15 is 0 Å². The molecule has 8 heteroatoms. The summed E-state index contributed by atoms with van der Waals surface area (Å²) in [5.41, 5.74) is 0.295. The molecular weight excluding hydrogens is 359 g/mol. The van der Waals surface area contributed by atoms with Crippen molar-refractivity contribution >= 4 is 0 Å². The molecule has 1 aromatic heterocycles. The number of halogens is 3. The molecule has 0 aliphatic carbocycles. The molecule has 0 unspecified atom stereocenters. The first kappa shape index (κ1) is 18.9. The first-order chi connectivity index (χ1) is 12.9. The molecule has 0 aliphatic rings. The van der Waals surface area contributed by atoms with Crippen LogP contribution in [0.1, 0.15) is 17.0 Å². The maximum Gasteiger partial charge on any atom is 0.416 e. The number of rotatable bonds is 6. The summed E-state index contributed by atoms with van der Waals surface area (Å²) in [5.74, 6) is 1.38. The van der Waals surface area contributed by atoms with Crippen molar-refractivity contribution in [3.8, 4) is 17.2 Å². The van der Waals surface area contributed by atoms with Crippen LogP contribution in [-0.4, -0.2) is 29.3 Å². The van der Waals surface area contributed by atoms with Gasteiger partial charge in [-0.15, -0.1) is 10.2 Å². The topological polar surface area (TPSA) is 51.4 Å². The van der Waals surface area contributed by atoms with Gasteiger partial charge in [-0.2, -0.15) is 13.2 Å². The fraction of sp³-hybridized carbons (Fsp3) is 0.263. The summed E-state index contributed by atoms with van der Waals surface area (Å²) in [5, 5.41) is 7.97. The minimum atomic E-state index is -4.39. The summed E-state index contributed by atoms with van der Waals surface area (Å²) in [7, 11) is 3.27. The van der Waals surface area contributed by atoms with Gasteiger partial charge in [0.25, 0.3) is 0 Å². The van der Waals surface area contributed by atoms with Gasteiger partial charge in [0.2, 0.25) is 11.8 Å². The highest BCUT2D eigenvalue weighted by Gasteiger charge is 2.33. The van der Waals surface area contributed by atoms with Crippen molar-refractivity contribution in [2.45, 2.75) is 19.3 Å². The van der Waals surface area contributed by atoms with Gasteiger partial charge in [-0.25, -0.2) is 0 Å². The summed E-state index contributed by atoms with van der Waals surface area (Å²) in [6.07, 6.45) is -4.39. The van der Waals surface area contributed by atoms with E-state index in [1.54, 1.807) is 49.4 Å². The molecule has 0 saturated carbocycles. The lowest BCUT2D eigenvalue weighted by molar-refractivity contribution is -0.138. The zero-order valence-electron chi connectivity index (χ0n) is 14.8. The van der Waals surface area contributed by atoms with Gasteiger partial charge in [-0.05, 0) is 42.9 Å². The smallest absolute Gasteiger partial charge is 0.416 e. The van der Waals surface area contributed by atoms with E-state index < -0.39 is 11.7 Å². The molecule has 3 rings (SSSR count). The van der Waals surface area contributed by atoms with Crippen LogP contribution in [0.3, 0.4) is 0 Å². The van der Waals surface area contributed by atoms with E-state index in [0.717, 1.165) is 11.6 Å². The lowest BCUT2D eigenvalue weighted by Gasteiger charge is -2.18. The molecule has 0 radical (unpaired) electrons. The molecule has 0 saturated heterocycles. The average molecular weight is 377 g/mol. The summed E-state index contributed by atoms with van der Waals surface area (Å²) in [4.78, 5) is 1.69. The van der Waals surface area contributed by atoms with Gasteiger partial charge in [0.05, 0.1) is 19.2 Å². The van der Waals surface area contributed by atoms with Gasteiger partial charge in [0, 0.05) is 12.1 Å². The second-order valence-electron chi connectivity index (χ2n) is 6.06. The molecule has 0 spiro atoms. The zero-order valence-corrected chi connectivity index (χ0v) is 14.8. The van der Waals surface area contributed by atoms with Crippen LogP contribution in [0.5, 0.6) is 5.75 Å². The largest absolute Gasteiger partial charge is 0.497 e. The zero-order chi connectivity index (χ0) is 19.4. The summed E-state index contributed by atoms with van der Waals surface area (Å²) in [6, 6.07) is 12.7. The maximum atomic E-state index is 13.1. The second-order valence-corrected chi connectivity index (χ2v) is 6.06. The lowest BCUT2D eigenvalue weighted by atomic mass is 10.1. The Kier molecular flexibility index (Phi) is 5.46. The van der Waals surface area contributed by atoms with Crippen molar-refractivity contribution in [3.63, 3.8) is 0 Å². The van der Waals surface area contributed by atoms with Crippen LogP contribution in [-0.2, 0) is 19.3 Å². The molecule has 0 N–H and O–H groups in total. The molecule has 27 heavy (non-hydrogen) atoms. The van der Waals surface area contributed by atoms with Crippen molar-refractivity contribution in [2.75, 3.05) is 14.2 Å². The molecule has 0 amide bonds. The summed E-state index contributed by atoms with van der Waals surface area (Å²) < 4.78 is 50.0. The molecule has 0 atom stereocenters. The molecule has 0 fully saturated rings. The minimum Gasteiger partial charge on any atom is -0.497 e. The third kappa shape index (κ3) is 4.65. The Morgan fingerprint density at radius 2 is 1.70 bits per heavy atom. The average Bonchev–Trinajstić information content (AvgIpc) is 3.09. The Morgan fingerprint density at radius 1 is 1.00 bits per heavy atom. The fourth-order valence-electron chi connectivity index (χ4n) is 2.68. The van der Waals surface area contributed by atoms with Crippen LogP contribution in [0.2, 0.25) is 0 Å². The normalized spacial score (nSPS) is 11.8. The Labute approximate surface area is 154 Å². The van der Waals surface area contributed by atoms with E-state index in [2.05, 4.69) is 10.2 Å². The van der Waals surface area contributed by atoms with Crippen LogP contribution >= 0.6 is 0 Å². The molecular formula is C19H18F3N3O2. The number of ether oxygens (including phenoxy) is 1. The predicted octanol–water partition coefficient (Wildman–Crippen LogP) is 4.40. The van der Waals surface area contributed by atoms with E-state index in [1.165, 1.54) is 12.1 Å². The quantitative estimate of drug-likeness (QED) is 0.637. The van der Waals surface area contributed by atoms with Crippen molar-refractivity contribution in [1.82, 2.24) is 15.1 Å². The number of methoxy groups -OCH3 is 1. The van der Waals surface area contributed by atoms with Gasteiger partial charge in [0.1, 0.15) is 5.75 Å². The second kappa shape index (κ2) is 7.79. The SMILES string of the molecule is COc1ccc(-c2nnc(CN(C)Cc3ccccc3C(F)(F)F)o2)cc1. The Hall–Kier alpha value is -2.87. The van der Waals surface area contributed by atoms with Gasteiger partial charge < -0.3 is 9.15 Å². The number of hydrogen-bond acceptors (Lipinski definition) is 5. The van der Waals surface area contributed by atoms with E-state index in [1.807, 2.05) is 0 Å². The summed E-state index contributed by atoms with van der Waals surface area (Å²) >= 11 is 0. The third-order valence-corrected chi connectivity index (χ3v) is 3.97. The Bertz CT molecular complexity index is 892. The first-order valence-corrected chi connectivity index (χ1v) is 8.17. The molecule has 0 bridgehead atoms. The van der Waals surface area contributed by atoms with Gasteiger partial charge >= 0.3 is 6.18 Å². The number of aromatic nitrogens is 2. The van der Waals surface area contributed by atoms with Crippen LogP contribution in [0.25, 0.3) is 11.5 Å². The van der Waals surface area contributed by atoms with E-state index in [0.29, 0.717) is 17.5 Å². The van der Waals surface area contributed by atoms with E-state index in [4.69, 9.17) is 9.15 Å². The number of nitrogens with zero attached hydrogens (tertiary/aromatic N) is 3. The number of benzene rings is 2. The van der Waals surface area contributed by atoms with Gasteiger partial charge in [-0.1, -0.05) is 18.2 Å². The Morgan fingerprint density at radius 3 is 2.37 bits per heavy atom. The minimum absolute atomic E-state index is 0.107. The van der Waals surface area contributed by atoms with Gasteiger partial charge in [0.15, 0.2) is 0 Å². The van der Waals surface area contributed by atoms with Crippen LogP contribution in [0.15, 0.2) is 52.9 Å². The standard InChI is InChI=1S/C19H18F3N3O2/c1-25(11-14-5-3-4-6-16(14)19(20,21)22)12-17-23-24-18(27-17)13-7-9-15(26-2)10-8-13/h3-10H,11-12H2,1-2H3. The van der Waals surface area contributed by atoms with Crippen LogP contribution < -0.4 is 4.74 Å². The maximum absolute atomic E-state index is 13.1. The molecule has 0 aliphatic heterocycles. The molecule has 5 nitrogen and oxygen atoms in total. The van der Waals surface area contributed by atoms with E-state index in [-0.39, 0.29) is 18.7 Å². The van der Waals surface area contributed by atoms with Crippen molar-refractivity contribution in [1.29, 1.82) is 0 Å². The van der Waals surface area contributed by atoms with Gasteiger partial charge in [-0.3, -0.25) is 4.90 Å². The number of alkyl halides is 3. The van der Waals surface area contributed by atoms with Crippen LogP contribution in [0, 0.1) is 0 Å². The monoisotopic (exact) mass is 377 g/mol. The van der Waals surface area contributed by atoms with Crippen molar-refractivity contribution in [3.05, 3.63) is 65.5 Å². The first-order valence-electron chi connectivity index (χ1n) is 8.17. The van der Waals surface area contributed by atoms with Crippen molar-refractivity contribution < 1.29 is 22.3 Å². The predicted molar refractivity (Wildman–Crippen MR) is 92.9 cm³/mol. The highest BCUT2D eigenvalue weighted by atomic mass is 19.4. The molecule has 1 heterocycles. The molecule has 142 valence electrons. The van der Waals surface area contributed by atoms with E-state index in [9.17, 15) is 13.2 Å². The molecule has 3 aromatic rings. The highest BCUT2D eigenvalue weighted by Crippen LogP contribution is 2.32. The van der Waals surface area contributed by atoms with Crippen LogP contribution in [0.4, 0.5) is 13.2 Å². The third-order valence-electron chi connectivity index (χ3n) is 3.97. The summed E-state index contributed by atoms with van der Waals surface area (Å²) in [6.45, 7) is 0.339.